The van der Waals surface area contributed by atoms with E-state index < -0.39 is 11.9 Å². The molecule has 0 aromatic carbocycles. The molecule has 0 unspecified atom stereocenters. The maximum atomic E-state index is 12.6. The van der Waals surface area contributed by atoms with E-state index in [1.54, 1.807) is 4.90 Å². The van der Waals surface area contributed by atoms with Gasteiger partial charge in [0.05, 0.1) is 19.0 Å². The summed E-state index contributed by atoms with van der Waals surface area (Å²) >= 11 is 1.36. The van der Waals surface area contributed by atoms with Gasteiger partial charge in [0, 0.05) is 26.2 Å². The smallest absolute Gasteiger partial charge is 0.240 e. The summed E-state index contributed by atoms with van der Waals surface area (Å²) in [5.41, 5.74) is 5.45. The van der Waals surface area contributed by atoms with Gasteiger partial charge in [-0.15, -0.1) is 10.2 Å². The molecular weight excluding hydrogens is 356 g/mol. The van der Waals surface area contributed by atoms with Crippen molar-refractivity contribution < 1.29 is 14.3 Å². The minimum absolute atomic E-state index is 0.0722. The van der Waals surface area contributed by atoms with Gasteiger partial charge in [-0.1, -0.05) is 11.8 Å². The average Bonchev–Trinajstić information content (AvgIpc) is 3.09. The second kappa shape index (κ2) is 8.72. The van der Waals surface area contributed by atoms with E-state index in [9.17, 15) is 9.59 Å². The molecule has 2 aliphatic heterocycles. The van der Waals surface area contributed by atoms with Crippen LogP contribution in [0.5, 0.6) is 0 Å². The number of ether oxygens (including phenoxy) is 1. The van der Waals surface area contributed by atoms with E-state index in [0.29, 0.717) is 26.2 Å². The minimum Gasteiger partial charge on any atom is -0.378 e. The summed E-state index contributed by atoms with van der Waals surface area (Å²) in [5, 5.41) is 9.29. The predicted molar refractivity (Wildman–Crippen MR) is 98.0 cm³/mol. The highest BCUT2D eigenvalue weighted by Crippen LogP contribution is 2.24. The Morgan fingerprint density at radius 2 is 2.00 bits per heavy atom. The number of piperidine rings is 1. The van der Waals surface area contributed by atoms with E-state index in [2.05, 4.69) is 15.1 Å². The number of carbonyl (C=O) groups is 2. The number of aromatic nitrogens is 3. The molecule has 26 heavy (non-hydrogen) atoms. The molecule has 2 aliphatic rings. The van der Waals surface area contributed by atoms with Crippen molar-refractivity contribution in [1.29, 1.82) is 0 Å². The van der Waals surface area contributed by atoms with Gasteiger partial charge < -0.3 is 20.3 Å². The van der Waals surface area contributed by atoms with E-state index in [-0.39, 0.29) is 11.7 Å². The molecule has 9 nitrogen and oxygen atoms in total. The van der Waals surface area contributed by atoms with E-state index in [1.165, 1.54) is 11.8 Å². The molecule has 0 radical (unpaired) electrons. The number of hydrogen-bond donors (Lipinski definition) is 1. The van der Waals surface area contributed by atoms with Crippen LogP contribution in [-0.2, 0) is 20.9 Å². The lowest BCUT2D eigenvalue weighted by Crippen LogP contribution is -2.51. The van der Waals surface area contributed by atoms with Crippen LogP contribution in [0.25, 0.3) is 0 Å². The van der Waals surface area contributed by atoms with Crippen LogP contribution in [0.15, 0.2) is 5.16 Å². The van der Waals surface area contributed by atoms with Gasteiger partial charge in [0.1, 0.15) is 6.04 Å². The fraction of sp³-hybridized carbons (Fsp3) is 0.750. The van der Waals surface area contributed by atoms with Gasteiger partial charge in [0.2, 0.25) is 17.8 Å². The maximum Gasteiger partial charge on any atom is 0.240 e. The zero-order valence-electron chi connectivity index (χ0n) is 15.1. The standard InChI is InChI=1S/C16H26N6O3S/c1-2-21-15(20-7-9-25-10-8-20)18-19-16(21)26-11-13(23)22-6-4-3-5-12(22)14(17)24/h12H,2-11H2,1H3,(H2,17,24)/t12-/m1/s1. The summed E-state index contributed by atoms with van der Waals surface area (Å²) < 4.78 is 7.40. The Bertz CT molecular complexity index is 646. The normalized spacial score (nSPS) is 21.0. The minimum atomic E-state index is -0.482. The molecule has 10 heteroatoms. The van der Waals surface area contributed by atoms with Gasteiger partial charge in [-0.2, -0.15) is 0 Å². The molecule has 1 atom stereocenters. The third-order valence-electron chi connectivity index (χ3n) is 4.78. The Morgan fingerprint density at radius 1 is 1.23 bits per heavy atom. The molecule has 3 rings (SSSR count). The zero-order chi connectivity index (χ0) is 18.5. The average molecular weight is 382 g/mol. The number of amides is 2. The summed E-state index contributed by atoms with van der Waals surface area (Å²) in [5.74, 6) is 0.551. The van der Waals surface area contributed by atoms with Gasteiger partial charge in [0.15, 0.2) is 5.16 Å². The van der Waals surface area contributed by atoms with Crippen molar-refractivity contribution in [2.45, 2.75) is 43.9 Å². The molecule has 144 valence electrons. The molecule has 0 aliphatic carbocycles. The molecule has 1 aromatic rings. The van der Waals surface area contributed by atoms with Crippen LogP contribution in [0.4, 0.5) is 5.95 Å². The summed E-state index contributed by atoms with van der Waals surface area (Å²) in [6.45, 7) is 6.29. The number of morpholine rings is 1. The van der Waals surface area contributed by atoms with Crippen molar-refractivity contribution in [2.75, 3.05) is 43.5 Å². The molecule has 1 aromatic heterocycles. The van der Waals surface area contributed by atoms with Crippen LogP contribution in [0.3, 0.4) is 0 Å². The van der Waals surface area contributed by atoms with Gasteiger partial charge >= 0.3 is 0 Å². The first-order valence-corrected chi connectivity index (χ1v) is 10.1. The van der Waals surface area contributed by atoms with Crippen molar-refractivity contribution in [1.82, 2.24) is 19.7 Å². The fourth-order valence-corrected chi connectivity index (χ4v) is 4.28. The Balaban J connectivity index is 1.64. The number of likely N-dealkylation sites (tertiary alicyclic amines) is 1. The molecular formula is C16H26N6O3S. The van der Waals surface area contributed by atoms with Crippen LogP contribution in [0, 0.1) is 0 Å². The third kappa shape index (κ3) is 4.12. The van der Waals surface area contributed by atoms with Crippen LogP contribution in [0.1, 0.15) is 26.2 Å². The summed E-state index contributed by atoms with van der Waals surface area (Å²) in [6.07, 6.45) is 2.49. The molecule has 0 saturated carbocycles. The quantitative estimate of drug-likeness (QED) is 0.695. The van der Waals surface area contributed by atoms with Crippen molar-refractivity contribution in [3.63, 3.8) is 0 Å². The van der Waals surface area contributed by atoms with E-state index in [1.807, 2.05) is 11.5 Å². The van der Waals surface area contributed by atoms with Crippen molar-refractivity contribution in [3.8, 4) is 0 Å². The Labute approximate surface area is 157 Å². The molecule has 2 amide bonds. The van der Waals surface area contributed by atoms with Gasteiger partial charge in [-0.05, 0) is 26.2 Å². The largest absolute Gasteiger partial charge is 0.378 e. The maximum absolute atomic E-state index is 12.6. The number of rotatable bonds is 6. The van der Waals surface area contributed by atoms with Crippen molar-refractivity contribution >= 4 is 29.5 Å². The van der Waals surface area contributed by atoms with Crippen molar-refractivity contribution in [3.05, 3.63) is 0 Å². The van der Waals surface area contributed by atoms with Crippen LogP contribution in [0.2, 0.25) is 0 Å². The van der Waals surface area contributed by atoms with Crippen LogP contribution >= 0.6 is 11.8 Å². The second-order valence-electron chi connectivity index (χ2n) is 6.42. The highest BCUT2D eigenvalue weighted by atomic mass is 32.2. The third-order valence-corrected chi connectivity index (χ3v) is 5.74. The van der Waals surface area contributed by atoms with Crippen LogP contribution in [-0.4, -0.2) is 76.1 Å². The first-order valence-electron chi connectivity index (χ1n) is 9.09. The lowest BCUT2D eigenvalue weighted by atomic mass is 10.0. The zero-order valence-corrected chi connectivity index (χ0v) is 15.9. The molecule has 3 heterocycles. The fourth-order valence-electron chi connectivity index (χ4n) is 3.40. The Hall–Kier alpha value is -1.81. The van der Waals surface area contributed by atoms with Gasteiger partial charge in [0.25, 0.3) is 0 Å². The number of nitrogens with two attached hydrogens (primary N) is 1. The first kappa shape index (κ1) is 19.0. The number of primary amides is 1. The lowest BCUT2D eigenvalue weighted by Gasteiger charge is -2.33. The highest BCUT2D eigenvalue weighted by Gasteiger charge is 2.31. The topological polar surface area (TPSA) is 107 Å². The molecule has 0 spiro atoms. The number of thioether (sulfide) groups is 1. The number of nitrogens with zero attached hydrogens (tertiary/aromatic N) is 5. The van der Waals surface area contributed by atoms with E-state index in [0.717, 1.165) is 43.6 Å². The first-order chi connectivity index (χ1) is 12.6. The van der Waals surface area contributed by atoms with Crippen molar-refractivity contribution in [2.24, 2.45) is 5.73 Å². The summed E-state index contributed by atoms with van der Waals surface area (Å²) in [4.78, 5) is 28.0. The number of hydrogen-bond acceptors (Lipinski definition) is 7. The Kier molecular flexibility index (Phi) is 6.36. The molecule has 2 N–H and O–H groups in total. The summed E-state index contributed by atoms with van der Waals surface area (Å²) in [7, 11) is 0. The summed E-state index contributed by atoms with van der Waals surface area (Å²) in [6, 6.07) is -0.482. The SMILES string of the molecule is CCn1c(SCC(=O)N2CCCC[C@@H]2C(N)=O)nnc1N1CCOCC1. The van der Waals surface area contributed by atoms with E-state index in [4.69, 9.17) is 10.5 Å². The van der Waals surface area contributed by atoms with E-state index >= 15 is 0 Å². The molecule has 0 bridgehead atoms. The highest BCUT2D eigenvalue weighted by molar-refractivity contribution is 7.99. The second-order valence-corrected chi connectivity index (χ2v) is 7.36. The lowest BCUT2D eigenvalue weighted by molar-refractivity contribution is -0.138. The Morgan fingerprint density at radius 3 is 2.69 bits per heavy atom. The van der Waals surface area contributed by atoms with Gasteiger partial charge in [-0.3, -0.25) is 14.2 Å². The predicted octanol–water partition coefficient (Wildman–Crippen LogP) is 0.0931. The number of carbonyl (C=O) groups excluding carboxylic acids is 2. The number of anilines is 1. The monoisotopic (exact) mass is 382 g/mol. The van der Waals surface area contributed by atoms with Crippen LogP contribution < -0.4 is 10.6 Å². The molecule has 2 fully saturated rings. The molecule has 2 saturated heterocycles. The van der Waals surface area contributed by atoms with Gasteiger partial charge in [-0.25, -0.2) is 0 Å².